The summed E-state index contributed by atoms with van der Waals surface area (Å²) in [5, 5.41) is 0. The Balaban J connectivity index is 1.64. The van der Waals surface area contributed by atoms with E-state index < -0.39 is 6.17 Å². The number of nitrogens with zero attached hydrogens (tertiary/aromatic N) is 2. The monoisotopic (exact) mass is 470 g/mol. The highest BCUT2D eigenvalue weighted by molar-refractivity contribution is 5.55. The molecule has 0 aliphatic heterocycles. The first kappa shape index (κ1) is 28.3. The van der Waals surface area contributed by atoms with Gasteiger partial charge < -0.3 is 4.74 Å². The minimum atomic E-state index is -0.798. The average molecular weight is 471 g/mol. The highest BCUT2D eigenvalue weighted by atomic mass is 19.1. The van der Waals surface area contributed by atoms with E-state index in [1.807, 2.05) is 0 Å². The zero-order valence-electron chi connectivity index (χ0n) is 21.9. The van der Waals surface area contributed by atoms with Crippen molar-refractivity contribution in [2.45, 2.75) is 117 Å². The Bertz CT molecular complexity index is 747. The molecule has 0 amide bonds. The van der Waals surface area contributed by atoms with Crippen LogP contribution >= 0.6 is 0 Å². The van der Waals surface area contributed by atoms with Crippen molar-refractivity contribution in [2.75, 3.05) is 6.61 Å². The van der Waals surface area contributed by atoms with Crippen molar-refractivity contribution >= 4 is 0 Å². The second-order valence-electron chi connectivity index (χ2n) is 9.84. The molecule has 0 aliphatic rings. The number of hydrogen-bond donors (Lipinski definition) is 0. The molecule has 1 aromatic heterocycles. The number of unbranched alkanes of at least 4 members (excludes halogenated alkanes) is 7. The molecular weight excluding hydrogens is 423 g/mol. The molecule has 0 fully saturated rings. The van der Waals surface area contributed by atoms with E-state index in [4.69, 9.17) is 4.74 Å². The number of benzene rings is 1. The molecule has 190 valence electrons. The largest absolute Gasteiger partial charge is 0.490 e. The van der Waals surface area contributed by atoms with E-state index in [0.717, 1.165) is 24.8 Å². The van der Waals surface area contributed by atoms with Gasteiger partial charge in [0.15, 0.2) is 11.6 Å². The summed E-state index contributed by atoms with van der Waals surface area (Å²) < 4.78 is 19.7. The second kappa shape index (κ2) is 17.5. The van der Waals surface area contributed by atoms with E-state index in [2.05, 4.69) is 55.0 Å². The van der Waals surface area contributed by atoms with Gasteiger partial charge in [-0.25, -0.2) is 14.4 Å². The Morgan fingerprint density at radius 1 is 0.794 bits per heavy atom. The number of aromatic nitrogens is 2. The van der Waals surface area contributed by atoms with E-state index in [-0.39, 0.29) is 0 Å². The molecule has 34 heavy (non-hydrogen) atoms. The first-order chi connectivity index (χ1) is 16.6. The molecule has 0 spiro atoms. The van der Waals surface area contributed by atoms with Crippen LogP contribution in [0, 0.1) is 5.92 Å². The number of rotatable bonds is 19. The van der Waals surface area contributed by atoms with Crippen LogP contribution < -0.4 is 4.74 Å². The van der Waals surface area contributed by atoms with Gasteiger partial charge in [0.25, 0.3) is 0 Å². The third-order valence-electron chi connectivity index (χ3n) is 6.77. The smallest absolute Gasteiger partial charge is 0.159 e. The van der Waals surface area contributed by atoms with Crippen LogP contribution in [0.4, 0.5) is 4.39 Å². The highest BCUT2D eigenvalue weighted by Gasteiger charge is 2.09. The van der Waals surface area contributed by atoms with Gasteiger partial charge in [0, 0.05) is 12.0 Å². The molecule has 0 radical (unpaired) electrons. The van der Waals surface area contributed by atoms with Crippen LogP contribution in [0.5, 0.6) is 5.75 Å². The predicted octanol–water partition coefficient (Wildman–Crippen LogP) is 9.15. The molecule has 2 unspecified atom stereocenters. The SMILES string of the molecule is CCCCCCCCCCc1ccc(-c2ncc(OCCC(F)CCCC(C)CC)cn2)cc1. The number of halogens is 1. The Labute approximate surface area is 208 Å². The van der Waals surface area contributed by atoms with Crippen molar-refractivity contribution in [2.24, 2.45) is 5.92 Å². The number of alkyl halides is 1. The lowest BCUT2D eigenvalue weighted by atomic mass is 10.00. The van der Waals surface area contributed by atoms with Crippen LogP contribution in [0.3, 0.4) is 0 Å². The Morgan fingerprint density at radius 2 is 1.44 bits per heavy atom. The fourth-order valence-electron chi connectivity index (χ4n) is 4.16. The van der Waals surface area contributed by atoms with Crippen molar-refractivity contribution in [1.82, 2.24) is 9.97 Å². The van der Waals surface area contributed by atoms with E-state index in [9.17, 15) is 4.39 Å². The molecule has 2 aromatic rings. The predicted molar refractivity (Wildman–Crippen MR) is 142 cm³/mol. The minimum Gasteiger partial charge on any atom is -0.490 e. The summed E-state index contributed by atoms with van der Waals surface area (Å²) in [5.41, 5.74) is 2.39. The fourth-order valence-corrected chi connectivity index (χ4v) is 4.16. The first-order valence-electron chi connectivity index (χ1n) is 13.8. The van der Waals surface area contributed by atoms with Gasteiger partial charge >= 0.3 is 0 Å². The maximum Gasteiger partial charge on any atom is 0.159 e. The summed E-state index contributed by atoms with van der Waals surface area (Å²) in [6, 6.07) is 8.58. The summed E-state index contributed by atoms with van der Waals surface area (Å²) in [4.78, 5) is 8.88. The van der Waals surface area contributed by atoms with Gasteiger partial charge in [-0.05, 0) is 30.7 Å². The molecule has 0 N–H and O–H groups in total. The van der Waals surface area contributed by atoms with Crippen LogP contribution in [0.15, 0.2) is 36.7 Å². The van der Waals surface area contributed by atoms with Gasteiger partial charge in [-0.2, -0.15) is 0 Å². The van der Waals surface area contributed by atoms with Crippen molar-refractivity contribution in [3.63, 3.8) is 0 Å². The van der Waals surface area contributed by atoms with Gasteiger partial charge in [-0.15, -0.1) is 0 Å². The molecule has 0 saturated heterocycles. The molecule has 3 nitrogen and oxygen atoms in total. The minimum absolute atomic E-state index is 0.362. The average Bonchev–Trinajstić information content (AvgIpc) is 2.86. The maximum atomic E-state index is 14.0. The highest BCUT2D eigenvalue weighted by Crippen LogP contribution is 2.20. The number of hydrogen-bond acceptors (Lipinski definition) is 3. The van der Waals surface area contributed by atoms with E-state index in [1.54, 1.807) is 12.4 Å². The van der Waals surface area contributed by atoms with Crippen molar-refractivity contribution < 1.29 is 9.13 Å². The number of ether oxygens (including phenoxy) is 1. The Morgan fingerprint density at radius 3 is 2.09 bits per heavy atom. The van der Waals surface area contributed by atoms with Gasteiger partial charge in [0.05, 0.1) is 19.0 Å². The molecule has 2 atom stereocenters. The third kappa shape index (κ3) is 11.9. The topological polar surface area (TPSA) is 35.0 Å². The second-order valence-corrected chi connectivity index (χ2v) is 9.84. The van der Waals surface area contributed by atoms with Crippen molar-refractivity contribution in [3.8, 4) is 17.1 Å². The van der Waals surface area contributed by atoms with Gasteiger partial charge in [-0.1, -0.05) is 109 Å². The zero-order chi connectivity index (χ0) is 24.4. The molecule has 4 heteroatoms. The molecule has 1 heterocycles. The summed E-state index contributed by atoms with van der Waals surface area (Å²) >= 11 is 0. The maximum absolute atomic E-state index is 14.0. The molecular formula is C30H47FN2O. The first-order valence-corrected chi connectivity index (χ1v) is 13.8. The Hall–Kier alpha value is -1.97. The van der Waals surface area contributed by atoms with Crippen LogP contribution in [0.1, 0.15) is 110 Å². The number of aryl methyl sites for hydroxylation is 1. The lowest BCUT2D eigenvalue weighted by Crippen LogP contribution is -2.08. The van der Waals surface area contributed by atoms with Crippen LogP contribution in [0.2, 0.25) is 0 Å². The third-order valence-corrected chi connectivity index (χ3v) is 6.77. The molecule has 0 bridgehead atoms. The van der Waals surface area contributed by atoms with Gasteiger partial charge in [0.2, 0.25) is 0 Å². The van der Waals surface area contributed by atoms with E-state index >= 15 is 0 Å². The molecule has 0 saturated carbocycles. The summed E-state index contributed by atoms with van der Waals surface area (Å²) in [5.74, 6) is 1.98. The molecule has 1 aromatic carbocycles. The van der Waals surface area contributed by atoms with E-state index in [1.165, 1.54) is 63.4 Å². The van der Waals surface area contributed by atoms with Gasteiger partial charge in [0.1, 0.15) is 6.17 Å². The van der Waals surface area contributed by atoms with Crippen LogP contribution in [-0.2, 0) is 6.42 Å². The van der Waals surface area contributed by atoms with Crippen LogP contribution in [-0.4, -0.2) is 22.7 Å². The fraction of sp³-hybridized carbons (Fsp3) is 0.667. The van der Waals surface area contributed by atoms with Crippen molar-refractivity contribution in [1.29, 1.82) is 0 Å². The zero-order valence-corrected chi connectivity index (χ0v) is 21.9. The van der Waals surface area contributed by atoms with Gasteiger partial charge in [-0.3, -0.25) is 0 Å². The normalized spacial score (nSPS) is 13.1. The molecule has 2 rings (SSSR count). The quantitative estimate of drug-likeness (QED) is 0.192. The van der Waals surface area contributed by atoms with Crippen LogP contribution in [0.25, 0.3) is 11.4 Å². The summed E-state index contributed by atoms with van der Waals surface area (Å²) in [6.45, 7) is 7.04. The van der Waals surface area contributed by atoms with Crippen molar-refractivity contribution in [3.05, 3.63) is 42.2 Å². The van der Waals surface area contributed by atoms with E-state index in [0.29, 0.717) is 36.9 Å². The summed E-state index contributed by atoms with van der Waals surface area (Å²) in [7, 11) is 0. The summed E-state index contributed by atoms with van der Waals surface area (Å²) in [6.07, 6.45) is 18.8. The Kier molecular flexibility index (Phi) is 14.5. The lowest BCUT2D eigenvalue weighted by molar-refractivity contribution is 0.219. The molecule has 0 aliphatic carbocycles. The standard InChI is InChI=1S/C30H47FN2O/c1-4-6-7-8-9-10-11-12-15-26-17-19-27(20-18-26)30-32-23-29(24-33-30)34-22-21-28(31)16-13-14-25(3)5-2/h17-20,23-25,28H,4-16,21-22H2,1-3H3. The lowest BCUT2D eigenvalue weighted by Gasteiger charge is -2.11.